The molecule has 0 spiro atoms. The Labute approximate surface area is 86.9 Å². The van der Waals surface area contributed by atoms with Crippen LogP contribution in [0, 0.1) is 18.6 Å². The Morgan fingerprint density at radius 2 is 2.14 bits per heavy atom. The van der Waals surface area contributed by atoms with Crippen molar-refractivity contribution in [3.8, 4) is 0 Å². The number of alkyl halides is 1. The van der Waals surface area contributed by atoms with Gasteiger partial charge in [0.2, 0.25) is 0 Å². The molecule has 0 heterocycles. The zero-order chi connectivity index (χ0) is 10.3. The van der Waals surface area contributed by atoms with Gasteiger partial charge in [0.25, 0.3) is 0 Å². The van der Waals surface area contributed by atoms with Crippen LogP contribution in [0.1, 0.15) is 34.9 Å². The first-order valence-electron chi connectivity index (χ1n) is 4.72. The lowest BCUT2D eigenvalue weighted by atomic mass is 9.89. The van der Waals surface area contributed by atoms with E-state index in [0.29, 0.717) is 23.1 Å². The topological polar surface area (TPSA) is 0 Å². The molecule has 0 nitrogen and oxygen atoms in total. The van der Waals surface area contributed by atoms with E-state index in [1.165, 1.54) is 6.07 Å². The van der Waals surface area contributed by atoms with E-state index in [-0.39, 0.29) is 17.0 Å². The minimum atomic E-state index is -0.367. The molecule has 0 aliphatic heterocycles. The van der Waals surface area contributed by atoms with Crippen molar-refractivity contribution >= 4 is 11.6 Å². The van der Waals surface area contributed by atoms with Crippen LogP contribution in [0.3, 0.4) is 0 Å². The summed E-state index contributed by atoms with van der Waals surface area (Å²) in [5, 5.41) is -0.367. The van der Waals surface area contributed by atoms with Crippen molar-refractivity contribution < 1.29 is 8.78 Å². The molecule has 1 aliphatic rings. The second-order valence-corrected chi connectivity index (χ2v) is 4.27. The molecule has 1 atom stereocenters. The molecule has 0 radical (unpaired) electrons. The third-order valence-electron chi connectivity index (χ3n) is 2.74. The summed E-state index contributed by atoms with van der Waals surface area (Å²) >= 11 is 5.99. The Morgan fingerprint density at radius 3 is 2.86 bits per heavy atom. The van der Waals surface area contributed by atoms with E-state index in [4.69, 9.17) is 11.6 Å². The number of hydrogen-bond donors (Lipinski definition) is 0. The Bertz CT molecular complexity index is 374. The van der Waals surface area contributed by atoms with Crippen molar-refractivity contribution in [1.29, 1.82) is 0 Å². The van der Waals surface area contributed by atoms with Crippen molar-refractivity contribution in [1.82, 2.24) is 0 Å². The van der Waals surface area contributed by atoms with Gasteiger partial charge in [0, 0.05) is 5.56 Å². The predicted octanol–water partition coefficient (Wildman–Crippen LogP) is 3.89. The standard InChI is InChI=1S/C11H11ClF2/c1-6-5-9(13)7-3-2-4-8(12)10(7)11(6)14/h5,8H,2-4H2,1H3. The molecule has 1 aromatic carbocycles. The van der Waals surface area contributed by atoms with Crippen LogP contribution in [0.4, 0.5) is 8.78 Å². The fraction of sp³-hybridized carbons (Fsp3) is 0.455. The lowest BCUT2D eigenvalue weighted by molar-refractivity contribution is 0.528. The minimum Gasteiger partial charge on any atom is -0.207 e. The first-order valence-corrected chi connectivity index (χ1v) is 5.16. The van der Waals surface area contributed by atoms with Crippen molar-refractivity contribution in [3.63, 3.8) is 0 Å². The maximum atomic E-state index is 13.7. The average molecular weight is 217 g/mol. The average Bonchev–Trinajstić information content (AvgIpc) is 2.14. The first kappa shape index (κ1) is 9.91. The molecule has 3 heteroatoms. The highest BCUT2D eigenvalue weighted by molar-refractivity contribution is 6.21. The third-order valence-corrected chi connectivity index (χ3v) is 3.17. The van der Waals surface area contributed by atoms with E-state index in [9.17, 15) is 8.78 Å². The molecule has 0 saturated carbocycles. The number of rotatable bonds is 0. The fourth-order valence-electron chi connectivity index (χ4n) is 2.00. The molecule has 0 fully saturated rings. The maximum Gasteiger partial charge on any atom is 0.131 e. The molecule has 14 heavy (non-hydrogen) atoms. The van der Waals surface area contributed by atoms with Crippen LogP contribution in [0.25, 0.3) is 0 Å². The van der Waals surface area contributed by atoms with Gasteiger partial charge in [-0.2, -0.15) is 0 Å². The number of halogens is 3. The Balaban J connectivity index is 2.67. The van der Waals surface area contributed by atoms with Gasteiger partial charge in [0.1, 0.15) is 11.6 Å². The monoisotopic (exact) mass is 216 g/mol. The number of hydrogen-bond acceptors (Lipinski definition) is 0. The van der Waals surface area contributed by atoms with Crippen LogP contribution < -0.4 is 0 Å². The second kappa shape index (κ2) is 3.50. The molecular weight excluding hydrogens is 206 g/mol. The van der Waals surface area contributed by atoms with E-state index >= 15 is 0 Å². The largest absolute Gasteiger partial charge is 0.207 e. The summed E-state index contributed by atoms with van der Waals surface area (Å²) in [5.41, 5.74) is 1.20. The summed E-state index contributed by atoms with van der Waals surface area (Å²) < 4.78 is 27.1. The highest BCUT2D eigenvalue weighted by atomic mass is 35.5. The smallest absolute Gasteiger partial charge is 0.131 e. The number of aryl methyl sites for hydroxylation is 1. The van der Waals surface area contributed by atoms with E-state index in [0.717, 1.165) is 12.8 Å². The molecule has 1 unspecified atom stereocenters. The molecule has 0 aromatic heterocycles. The summed E-state index contributed by atoms with van der Waals surface area (Å²) in [6.07, 6.45) is 2.16. The molecule has 76 valence electrons. The molecule has 0 saturated heterocycles. The first-order chi connectivity index (χ1) is 6.61. The Hall–Kier alpha value is -0.630. The number of benzene rings is 1. The SMILES string of the molecule is Cc1cc(F)c2c(c1F)C(Cl)CCC2. The van der Waals surface area contributed by atoms with Crippen LogP contribution in [0.15, 0.2) is 6.07 Å². The van der Waals surface area contributed by atoms with Gasteiger partial charge in [-0.25, -0.2) is 8.78 Å². The van der Waals surface area contributed by atoms with E-state index in [1.807, 2.05) is 0 Å². The van der Waals surface area contributed by atoms with E-state index < -0.39 is 0 Å². The zero-order valence-corrected chi connectivity index (χ0v) is 8.67. The zero-order valence-electron chi connectivity index (χ0n) is 7.91. The van der Waals surface area contributed by atoms with Gasteiger partial charge in [-0.1, -0.05) is 0 Å². The molecule has 1 aromatic rings. The van der Waals surface area contributed by atoms with Crippen molar-refractivity contribution in [2.45, 2.75) is 31.6 Å². The van der Waals surface area contributed by atoms with Crippen molar-refractivity contribution in [3.05, 3.63) is 34.4 Å². The lowest BCUT2D eigenvalue weighted by Gasteiger charge is -2.22. The normalized spacial score (nSPS) is 20.7. The molecule has 1 aliphatic carbocycles. The van der Waals surface area contributed by atoms with Crippen molar-refractivity contribution in [2.24, 2.45) is 0 Å². The van der Waals surface area contributed by atoms with Gasteiger partial charge in [0.15, 0.2) is 0 Å². The van der Waals surface area contributed by atoms with Crippen LogP contribution in [-0.2, 0) is 6.42 Å². The van der Waals surface area contributed by atoms with Gasteiger partial charge in [-0.3, -0.25) is 0 Å². The fourth-order valence-corrected chi connectivity index (χ4v) is 2.38. The summed E-state index contributed by atoms with van der Waals surface area (Å²) in [6, 6.07) is 1.25. The Kier molecular flexibility index (Phi) is 2.48. The van der Waals surface area contributed by atoms with Crippen molar-refractivity contribution in [2.75, 3.05) is 0 Å². The predicted molar refractivity (Wildman–Crippen MR) is 52.6 cm³/mol. The Morgan fingerprint density at radius 1 is 1.43 bits per heavy atom. The minimum absolute atomic E-state index is 0.316. The molecule has 0 N–H and O–H groups in total. The lowest BCUT2D eigenvalue weighted by Crippen LogP contribution is -2.11. The highest BCUT2D eigenvalue weighted by Gasteiger charge is 2.25. The van der Waals surface area contributed by atoms with Crippen LogP contribution >= 0.6 is 11.6 Å². The molecule has 2 rings (SSSR count). The van der Waals surface area contributed by atoms with Gasteiger partial charge in [-0.05, 0) is 43.4 Å². The summed E-state index contributed by atoms with van der Waals surface area (Å²) in [5.74, 6) is -0.648. The summed E-state index contributed by atoms with van der Waals surface area (Å²) in [7, 11) is 0. The number of fused-ring (bicyclic) bond motifs is 1. The van der Waals surface area contributed by atoms with Crippen LogP contribution in [0.2, 0.25) is 0 Å². The van der Waals surface area contributed by atoms with E-state index in [1.54, 1.807) is 6.92 Å². The van der Waals surface area contributed by atoms with Crippen LogP contribution in [0.5, 0.6) is 0 Å². The molecular formula is C11H11ClF2. The maximum absolute atomic E-state index is 13.7. The van der Waals surface area contributed by atoms with Gasteiger partial charge < -0.3 is 0 Å². The third kappa shape index (κ3) is 1.42. The second-order valence-electron chi connectivity index (χ2n) is 3.74. The highest BCUT2D eigenvalue weighted by Crippen LogP contribution is 2.38. The summed E-state index contributed by atoms with van der Waals surface area (Å²) in [4.78, 5) is 0. The van der Waals surface area contributed by atoms with Crippen LogP contribution in [-0.4, -0.2) is 0 Å². The molecule has 0 bridgehead atoms. The van der Waals surface area contributed by atoms with Gasteiger partial charge in [0.05, 0.1) is 5.38 Å². The quantitative estimate of drug-likeness (QED) is 0.578. The van der Waals surface area contributed by atoms with Gasteiger partial charge >= 0.3 is 0 Å². The molecule has 0 amide bonds. The van der Waals surface area contributed by atoms with E-state index in [2.05, 4.69) is 0 Å². The van der Waals surface area contributed by atoms with Gasteiger partial charge in [-0.15, -0.1) is 11.6 Å². The summed E-state index contributed by atoms with van der Waals surface area (Å²) in [6.45, 7) is 1.57.